The molecule has 0 amide bonds. The second-order valence-corrected chi connectivity index (χ2v) is 3.41. The lowest BCUT2D eigenvalue weighted by Crippen LogP contribution is -2.13. The summed E-state index contributed by atoms with van der Waals surface area (Å²) in [7, 11) is 0. The van der Waals surface area contributed by atoms with Crippen LogP contribution in [0.15, 0.2) is 6.07 Å². The fourth-order valence-corrected chi connectivity index (χ4v) is 1.59. The van der Waals surface area contributed by atoms with E-state index in [1.807, 2.05) is 13.0 Å². The van der Waals surface area contributed by atoms with Crippen LogP contribution >= 0.6 is 11.5 Å². The van der Waals surface area contributed by atoms with Crippen LogP contribution in [0.1, 0.15) is 23.0 Å². The summed E-state index contributed by atoms with van der Waals surface area (Å²) in [6, 6.07) is 1.40. The summed E-state index contributed by atoms with van der Waals surface area (Å²) in [5.74, 6) is -0.881. The molecule has 66 valence electrons. The Balaban J connectivity index is 2.64. The molecule has 0 spiro atoms. The van der Waals surface area contributed by atoms with Crippen LogP contribution in [0.3, 0.4) is 0 Å². The van der Waals surface area contributed by atoms with Crippen LogP contribution in [-0.2, 0) is 4.79 Å². The lowest BCUT2D eigenvalue weighted by Gasteiger charge is -2.03. The van der Waals surface area contributed by atoms with Crippen molar-refractivity contribution in [2.24, 2.45) is 5.73 Å². The van der Waals surface area contributed by atoms with Gasteiger partial charge in [-0.25, -0.2) is 0 Å². The quantitative estimate of drug-likeness (QED) is 0.736. The first-order chi connectivity index (χ1) is 5.59. The highest BCUT2D eigenvalue weighted by Gasteiger charge is 2.12. The molecule has 1 aromatic heterocycles. The molecule has 1 aromatic rings. The van der Waals surface area contributed by atoms with Gasteiger partial charge in [-0.05, 0) is 24.5 Å². The number of nitrogens with two attached hydrogens (primary N) is 1. The van der Waals surface area contributed by atoms with Crippen molar-refractivity contribution in [2.75, 3.05) is 0 Å². The second-order valence-electron chi connectivity index (χ2n) is 2.58. The normalized spacial score (nSPS) is 12.8. The fourth-order valence-electron chi connectivity index (χ4n) is 0.847. The summed E-state index contributed by atoms with van der Waals surface area (Å²) in [6.07, 6.45) is -0.0400. The number of aryl methyl sites for hydroxylation is 1. The van der Waals surface area contributed by atoms with Gasteiger partial charge in [0.1, 0.15) is 0 Å². The number of aromatic nitrogens is 1. The molecule has 1 atom stereocenters. The number of rotatable bonds is 3. The Hall–Kier alpha value is -0.940. The van der Waals surface area contributed by atoms with Gasteiger partial charge >= 0.3 is 5.97 Å². The van der Waals surface area contributed by atoms with E-state index in [0.29, 0.717) is 0 Å². The molecule has 0 radical (unpaired) electrons. The van der Waals surface area contributed by atoms with E-state index in [-0.39, 0.29) is 6.42 Å². The number of carboxylic acids is 1. The highest BCUT2D eigenvalue weighted by molar-refractivity contribution is 7.05. The summed E-state index contributed by atoms with van der Waals surface area (Å²) in [5, 5.41) is 8.46. The molecule has 0 aromatic carbocycles. The molecule has 4 nitrogen and oxygen atoms in total. The van der Waals surface area contributed by atoms with E-state index in [2.05, 4.69) is 4.37 Å². The van der Waals surface area contributed by atoms with E-state index in [1.54, 1.807) is 0 Å². The van der Waals surface area contributed by atoms with Gasteiger partial charge in [0, 0.05) is 4.88 Å². The van der Waals surface area contributed by atoms with Crippen LogP contribution in [0, 0.1) is 6.92 Å². The first kappa shape index (κ1) is 9.15. The zero-order chi connectivity index (χ0) is 9.14. The van der Waals surface area contributed by atoms with E-state index < -0.39 is 12.0 Å². The van der Waals surface area contributed by atoms with Crippen LogP contribution < -0.4 is 5.73 Å². The molecule has 1 rings (SSSR count). The lowest BCUT2D eigenvalue weighted by molar-refractivity contribution is -0.137. The molecule has 3 N–H and O–H groups in total. The van der Waals surface area contributed by atoms with Crippen LogP contribution in [0.5, 0.6) is 0 Å². The maximum atomic E-state index is 10.3. The molecule has 0 unspecified atom stereocenters. The van der Waals surface area contributed by atoms with Gasteiger partial charge in [0.15, 0.2) is 0 Å². The van der Waals surface area contributed by atoms with Crippen molar-refractivity contribution in [1.29, 1.82) is 0 Å². The molecule has 0 aliphatic rings. The topological polar surface area (TPSA) is 76.2 Å². The van der Waals surface area contributed by atoms with Gasteiger partial charge in [0.2, 0.25) is 0 Å². The van der Waals surface area contributed by atoms with Gasteiger partial charge in [-0.2, -0.15) is 4.37 Å². The van der Waals surface area contributed by atoms with Crippen molar-refractivity contribution < 1.29 is 9.90 Å². The van der Waals surface area contributed by atoms with Crippen molar-refractivity contribution in [3.63, 3.8) is 0 Å². The maximum absolute atomic E-state index is 10.3. The standard InChI is InChI=1S/C7H10N2O2S/c1-4-2-6(12-9-4)5(8)3-7(10)11/h2,5H,3,8H2,1H3,(H,10,11)/t5-/m1/s1. The minimum Gasteiger partial charge on any atom is -0.481 e. The Morgan fingerprint density at radius 1 is 1.92 bits per heavy atom. The minimum atomic E-state index is -0.881. The molecule has 0 aliphatic carbocycles. The molecule has 0 bridgehead atoms. The van der Waals surface area contributed by atoms with Crippen molar-refractivity contribution >= 4 is 17.5 Å². The molecule has 5 heteroatoms. The molecule has 0 saturated carbocycles. The molecule has 0 aliphatic heterocycles. The average Bonchev–Trinajstić information content (AvgIpc) is 2.34. The Morgan fingerprint density at radius 2 is 2.58 bits per heavy atom. The van der Waals surface area contributed by atoms with Crippen LogP contribution in [0.2, 0.25) is 0 Å². The molecule has 0 saturated heterocycles. The van der Waals surface area contributed by atoms with Gasteiger partial charge in [-0.3, -0.25) is 4.79 Å². The van der Waals surface area contributed by atoms with Crippen molar-refractivity contribution in [3.05, 3.63) is 16.6 Å². The van der Waals surface area contributed by atoms with E-state index in [1.165, 1.54) is 11.5 Å². The number of nitrogens with zero attached hydrogens (tertiary/aromatic N) is 1. The second kappa shape index (κ2) is 3.64. The third-order valence-electron chi connectivity index (χ3n) is 1.41. The molecule has 1 heterocycles. The zero-order valence-corrected chi connectivity index (χ0v) is 7.47. The van der Waals surface area contributed by atoms with E-state index in [9.17, 15) is 4.79 Å². The molecular formula is C7H10N2O2S. The Bertz CT molecular complexity index is 285. The first-order valence-electron chi connectivity index (χ1n) is 3.50. The highest BCUT2D eigenvalue weighted by atomic mass is 32.1. The lowest BCUT2D eigenvalue weighted by atomic mass is 10.2. The summed E-state index contributed by atoms with van der Waals surface area (Å²) < 4.78 is 4.01. The summed E-state index contributed by atoms with van der Waals surface area (Å²) >= 11 is 1.26. The van der Waals surface area contributed by atoms with Crippen LogP contribution in [0.4, 0.5) is 0 Å². The van der Waals surface area contributed by atoms with Crippen molar-refractivity contribution in [2.45, 2.75) is 19.4 Å². The number of aliphatic carboxylic acids is 1. The van der Waals surface area contributed by atoms with E-state index in [0.717, 1.165) is 10.6 Å². The molecule has 12 heavy (non-hydrogen) atoms. The maximum Gasteiger partial charge on any atom is 0.305 e. The third kappa shape index (κ3) is 2.28. The molecule has 0 fully saturated rings. The van der Waals surface area contributed by atoms with Gasteiger partial charge in [0.25, 0.3) is 0 Å². The zero-order valence-electron chi connectivity index (χ0n) is 6.65. The monoisotopic (exact) mass is 186 g/mol. The predicted octanol–water partition coefficient (Wildman–Crippen LogP) is 0.926. The summed E-state index contributed by atoms with van der Waals surface area (Å²) in [4.78, 5) is 11.1. The predicted molar refractivity (Wildman–Crippen MR) is 46.0 cm³/mol. The van der Waals surface area contributed by atoms with Crippen molar-refractivity contribution in [3.8, 4) is 0 Å². The SMILES string of the molecule is Cc1cc([C@H](N)CC(=O)O)sn1. The van der Waals surface area contributed by atoms with E-state index in [4.69, 9.17) is 10.8 Å². The average molecular weight is 186 g/mol. The smallest absolute Gasteiger partial charge is 0.305 e. The van der Waals surface area contributed by atoms with Crippen LogP contribution in [-0.4, -0.2) is 15.4 Å². The Kier molecular flexibility index (Phi) is 2.78. The van der Waals surface area contributed by atoms with E-state index >= 15 is 0 Å². The minimum absolute atomic E-state index is 0.0400. The third-order valence-corrected chi connectivity index (χ3v) is 2.42. The number of hydrogen-bond acceptors (Lipinski definition) is 4. The molecular weight excluding hydrogens is 176 g/mol. The Labute approximate surface area is 74.2 Å². The summed E-state index contributed by atoms with van der Waals surface area (Å²) in [5.41, 5.74) is 6.48. The summed E-state index contributed by atoms with van der Waals surface area (Å²) in [6.45, 7) is 1.85. The first-order valence-corrected chi connectivity index (χ1v) is 4.27. The largest absolute Gasteiger partial charge is 0.481 e. The van der Waals surface area contributed by atoms with Crippen molar-refractivity contribution in [1.82, 2.24) is 4.37 Å². The van der Waals surface area contributed by atoms with Gasteiger partial charge in [-0.1, -0.05) is 0 Å². The van der Waals surface area contributed by atoms with Gasteiger partial charge < -0.3 is 10.8 Å². The number of hydrogen-bond donors (Lipinski definition) is 2. The Morgan fingerprint density at radius 3 is 3.00 bits per heavy atom. The van der Waals surface area contributed by atoms with Crippen LogP contribution in [0.25, 0.3) is 0 Å². The van der Waals surface area contributed by atoms with Gasteiger partial charge in [-0.15, -0.1) is 0 Å². The van der Waals surface area contributed by atoms with Gasteiger partial charge in [0.05, 0.1) is 18.2 Å². The number of carboxylic acid groups (broad SMARTS) is 1. The fraction of sp³-hybridized carbons (Fsp3) is 0.429. The highest BCUT2D eigenvalue weighted by Crippen LogP contribution is 2.19. The number of carbonyl (C=O) groups is 1.